The molecule has 2 aliphatic rings. The largest absolute Gasteiger partial charge is 0.372 e. The molecule has 2 atom stereocenters. The maximum atomic E-state index is 6.09. The predicted molar refractivity (Wildman–Crippen MR) is 103 cm³/mol. The number of allylic oxidation sites excluding steroid dienone is 1. The molecule has 134 valence electrons. The highest BCUT2D eigenvalue weighted by Crippen LogP contribution is 2.35. The summed E-state index contributed by atoms with van der Waals surface area (Å²) in [4.78, 5) is 0. The smallest absolute Gasteiger partial charge is 0.141 e. The van der Waals surface area contributed by atoms with Crippen molar-refractivity contribution in [3.63, 3.8) is 0 Å². The summed E-state index contributed by atoms with van der Waals surface area (Å²) in [7, 11) is 0. The number of ether oxygens (including phenoxy) is 2. The summed E-state index contributed by atoms with van der Waals surface area (Å²) in [6.45, 7) is 5.06. The van der Waals surface area contributed by atoms with Gasteiger partial charge in [-0.2, -0.15) is 0 Å². The van der Waals surface area contributed by atoms with Gasteiger partial charge in [0.15, 0.2) is 0 Å². The van der Waals surface area contributed by atoms with Gasteiger partial charge in [0.25, 0.3) is 0 Å². The SMILES string of the molecule is C=CCCC1CCC([C@@H]2CO[C@@H](C#Cc3ccc(Cl)cc3)CO2)CC1. The monoisotopic (exact) mass is 358 g/mol. The van der Waals surface area contributed by atoms with Gasteiger partial charge in [-0.3, -0.25) is 0 Å². The van der Waals surface area contributed by atoms with Crippen LogP contribution in [0.4, 0.5) is 0 Å². The molecule has 0 bridgehead atoms. The molecule has 0 unspecified atom stereocenters. The van der Waals surface area contributed by atoms with Crippen molar-refractivity contribution in [2.45, 2.75) is 50.7 Å². The van der Waals surface area contributed by atoms with Crippen molar-refractivity contribution in [1.82, 2.24) is 0 Å². The topological polar surface area (TPSA) is 18.5 Å². The van der Waals surface area contributed by atoms with Crippen LogP contribution in [-0.4, -0.2) is 25.4 Å². The van der Waals surface area contributed by atoms with Crippen LogP contribution in [0.2, 0.25) is 5.02 Å². The van der Waals surface area contributed by atoms with Crippen LogP contribution in [0.25, 0.3) is 0 Å². The molecule has 0 spiro atoms. The minimum atomic E-state index is -0.129. The first-order valence-corrected chi connectivity index (χ1v) is 9.73. The summed E-state index contributed by atoms with van der Waals surface area (Å²) in [5.41, 5.74) is 0.952. The van der Waals surface area contributed by atoms with E-state index in [9.17, 15) is 0 Å². The number of hydrogen-bond acceptors (Lipinski definition) is 2. The zero-order valence-electron chi connectivity index (χ0n) is 14.8. The van der Waals surface area contributed by atoms with E-state index in [1.807, 2.05) is 30.3 Å². The van der Waals surface area contributed by atoms with Crippen molar-refractivity contribution < 1.29 is 9.47 Å². The first-order chi connectivity index (χ1) is 12.2. The fourth-order valence-electron chi connectivity index (χ4n) is 3.77. The van der Waals surface area contributed by atoms with E-state index in [0.717, 1.165) is 22.9 Å². The zero-order valence-corrected chi connectivity index (χ0v) is 15.5. The lowest BCUT2D eigenvalue weighted by atomic mass is 9.77. The Kier molecular flexibility index (Phi) is 6.99. The fraction of sp³-hybridized carbons (Fsp3) is 0.545. The third-order valence-electron chi connectivity index (χ3n) is 5.34. The molecule has 0 radical (unpaired) electrons. The molecule has 1 heterocycles. The average molecular weight is 359 g/mol. The highest BCUT2D eigenvalue weighted by Gasteiger charge is 2.31. The van der Waals surface area contributed by atoms with Crippen LogP contribution in [0.1, 0.15) is 44.1 Å². The van der Waals surface area contributed by atoms with Crippen LogP contribution in [0, 0.1) is 23.7 Å². The Hall–Kier alpha value is -1.27. The standard InChI is InChI=1S/C22H27ClO2/c1-2-3-4-17-5-10-19(11-6-17)22-16-24-21(15-25-22)14-9-18-7-12-20(23)13-8-18/h2,7-8,12-13,17,19,21-22H,1,3-6,10-11,15-16H2/t17?,19?,21-,22-/m0/s1. The molecule has 1 aromatic carbocycles. The molecule has 0 amide bonds. The molecule has 2 nitrogen and oxygen atoms in total. The van der Waals surface area contributed by atoms with Gasteiger partial charge < -0.3 is 9.47 Å². The first-order valence-electron chi connectivity index (χ1n) is 9.36. The molecule has 1 aromatic rings. The molecule has 1 aliphatic carbocycles. The van der Waals surface area contributed by atoms with Crippen molar-refractivity contribution in [3.05, 3.63) is 47.5 Å². The molecular formula is C22H27ClO2. The maximum absolute atomic E-state index is 6.09. The van der Waals surface area contributed by atoms with Crippen molar-refractivity contribution in [1.29, 1.82) is 0 Å². The van der Waals surface area contributed by atoms with Gasteiger partial charge >= 0.3 is 0 Å². The fourth-order valence-corrected chi connectivity index (χ4v) is 3.90. The Balaban J connectivity index is 1.42. The first kappa shape index (κ1) is 18.5. The second-order valence-electron chi connectivity index (χ2n) is 7.12. The van der Waals surface area contributed by atoms with E-state index in [-0.39, 0.29) is 12.2 Å². The van der Waals surface area contributed by atoms with Crippen LogP contribution in [0.15, 0.2) is 36.9 Å². The van der Waals surface area contributed by atoms with Gasteiger partial charge in [-0.15, -0.1) is 6.58 Å². The Morgan fingerprint density at radius 3 is 2.48 bits per heavy atom. The molecule has 3 heteroatoms. The van der Waals surface area contributed by atoms with Crippen molar-refractivity contribution in [3.8, 4) is 11.8 Å². The summed E-state index contributed by atoms with van der Waals surface area (Å²) in [5.74, 6) is 7.82. The van der Waals surface area contributed by atoms with Crippen LogP contribution in [0.5, 0.6) is 0 Å². The number of benzene rings is 1. The van der Waals surface area contributed by atoms with E-state index in [1.165, 1.54) is 32.1 Å². The predicted octanol–water partition coefficient (Wildman–Crippen LogP) is 5.25. The second kappa shape index (κ2) is 9.43. The quantitative estimate of drug-likeness (QED) is 0.540. The summed E-state index contributed by atoms with van der Waals surface area (Å²) in [6.07, 6.45) is 9.75. The number of rotatable bonds is 4. The van der Waals surface area contributed by atoms with Crippen LogP contribution >= 0.6 is 11.6 Å². The van der Waals surface area contributed by atoms with Gasteiger partial charge in [-0.05, 0) is 61.8 Å². The lowest BCUT2D eigenvalue weighted by Crippen LogP contribution is -2.40. The van der Waals surface area contributed by atoms with Crippen LogP contribution in [0.3, 0.4) is 0 Å². The molecule has 1 aliphatic heterocycles. The summed E-state index contributed by atoms with van der Waals surface area (Å²) >= 11 is 5.89. The van der Waals surface area contributed by atoms with E-state index in [2.05, 4.69) is 18.4 Å². The van der Waals surface area contributed by atoms with Gasteiger partial charge in [0.1, 0.15) is 6.10 Å². The molecule has 1 saturated heterocycles. The molecule has 25 heavy (non-hydrogen) atoms. The number of hydrogen-bond donors (Lipinski definition) is 0. The lowest BCUT2D eigenvalue weighted by Gasteiger charge is -2.36. The minimum Gasteiger partial charge on any atom is -0.372 e. The summed E-state index contributed by atoms with van der Waals surface area (Å²) < 4.78 is 12.0. The van der Waals surface area contributed by atoms with Gasteiger partial charge in [0.2, 0.25) is 0 Å². The van der Waals surface area contributed by atoms with E-state index in [1.54, 1.807) is 0 Å². The Labute approximate surface area is 156 Å². The molecule has 1 saturated carbocycles. The Bertz CT molecular complexity index is 597. The highest BCUT2D eigenvalue weighted by molar-refractivity contribution is 6.30. The Morgan fingerprint density at radius 1 is 1.08 bits per heavy atom. The van der Waals surface area contributed by atoms with Crippen LogP contribution < -0.4 is 0 Å². The van der Waals surface area contributed by atoms with E-state index < -0.39 is 0 Å². The maximum Gasteiger partial charge on any atom is 0.141 e. The molecule has 0 aromatic heterocycles. The third kappa shape index (κ3) is 5.61. The summed E-state index contributed by atoms with van der Waals surface area (Å²) in [5, 5.41) is 0.727. The normalized spacial score (nSPS) is 29.5. The van der Waals surface area contributed by atoms with E-state index in [0.29, 0.717) is 19.1 Å². The van der Waals surface area contributed by atoms with E-state index >= 15 is 0 Å². The zero-order chi connectivity index (χ0) is 17.5. The lowest BCUT2D eigenvalue weighted by molar-refractivity contribution is -0.138. The van der Waals surface area contributed by atoms with Crippen LogP contribution in [-0.2, 0) is 9.47 Å². The van der Waals surface area contributed by atoms with Gasteiger partial charge in [-0.1, -0.05) is 42.4 Å². The van der Waals surface area contributed by atoms with Gasteiger partial charge in [0.05, 0.1) is 19.3 Å². The van der Waals surface area contributed by atoms with Gasteiger partial charge in [0, 0.05) is 10.6 Å². The molecule has 0 N–H and O–H groups in total. The Morgan fingerprint density at radius 2 is 1.84 bits per heavy atom. The molecule has 2 fully saturated rings. The summed E-state index contributed by atoms with van der Waals surface area (Å²) in [6, 6.07) is 7.55. The molecular weight excluding hydrogens is 332 g/mol. The number of halogens is 1. The average Bonchev–Trinajstić information content (AvgIpc) is 2.67. The molecule has 3 rings (SSSR count). The van der Waals surface area contributed by atoms with Crippen molar-refractivity contribution in [2.75, 3.05) is 13.2 Å². The second-order valence-corrected chi connectivity index (χ2v) is 7.55. The third-order valence-corrected chi connectivity index (χ3v) is 5.59. The van der Waals surface area contributed by atoms with Gasteiger partial charge in [-0.25, -0.2) is 0 Å². The van der Waals surface area contributed by atoms with Crippen molar-refractivity contribution >= 4 is 11.6 Å². The minimum absolute atomic E-state index is 0.129. The van der Waals surface area contributed by atoms with E-state index in [4.69, 9.17) is 21.1 Å². The highest BCUT2D eigenvalue weighted by atomic mass is 35.5. The van der Waals surface area contributed by atoms with Crippen molar-refractivity contribution in [2.24, 2.45) is 11.8 Å².